The number of ether oxygens (including phenoxy) is 1. The summed E-state index contributed by atoms with van der Waals surface area (Å²) < 4.78 is 5.70. The molecule has 0 aliphatic carbocycles. The van der Waals surface area contributed by atoms with Crippen molar-refractivity contribution in [1.82, 2.24) is 9.97 Å². The lowest BCUT2D eigenvalue weighted by Gasteiger charge is -2.11. The largest absolute Gasteiger partial charge is 0.494 e. The lowest BCUT2D eigenvalue weighted by molar-refractivity contribution is -0.116. The molecule has 34 heavy (non-hydrogen) atoms. The Balaban J connectivity index is 1.32. The third kappa shape index (κ3) is 6.65. The fourth-order valence-corrected chi connectivity index (χ4v) is 3.49. The van der Waals surface area contributed by atoms with Crippen LogP contribution in [0.4, 0.5) is 17.2 Å². The zero-order valence-corrected chi connectivity index (χ0v) is 19.4. The summed E-state index contributed by atoms with van der Waals surface area (Å²) in [5, 5.41) is 6.28. The summed E-state index contributed by atoms with van der Waals surface area (Å²) in [6.45, 7) is 4.40. The number of hydrogen-bond donors (Lipinski definition) is 2. The van der Waals surface area contributed by atoms with Gasteiger partial charge < -0.3 is 15.4 Å². The third-order valence-electron chi connectivity index (χ3n) is 5.16. The number of hydrogen-bond acceptors (Lipinski definition) is 5. The average molecular weight is 453 g/mol. The molecule has 0 saturated carbocycles. The van der Waals surface area contributed by atoms with Gasteiger partial charge in [0.05, 0.1) is 12.3 Å². The second kappa shape index (κ2) is 11.1. The van der Waals surface area contributed by atoms with Gasteiger partial charge in [-0.3, -0.25) is 4.79 Å². The topological polar surface area (TPSA) is 76.1 Å². The van der Waals surface area contributed by atoms with Crippen LogP contribution in [0.15, 0.2) is 84.9 Å². The van der Waals surface area contributed by atoms with Crippen molar-refractivity contribution < 1.29 is 9.53 Å². The Bertz CT molecular complexity index is 1240. The summed E-state index contributed by atoms with van der Waals surface area (Å²) in [5.41, 5.74) is 4.63. The average Bonchev–Trinajstić information content (AvgIpc) is 2.83. The molecular formula is C28H28N4O2. The van der Waals surface area contributed by atoms with Crippen LogP contribution in [0.1, 0.15) is 24.2 Å². The Morgan fingerprint density at radius 2 is 1.62 bits per heavy atom. The monoisotopic (exact) mass is 452 g/mol. The Kier molecular flexibility index (Phi) is 7.50. The Hall–Kier alpha value is -4.19. The molecule has 4 rings (SSSR count). The highest BCUT2D eigenvalue weighted by atomic mass is 16.5. The minimum Gasteiger partial charge on any atom is -0.494 e. The molecule has 0 atom stereocenters. The Morgan fingerprint density at radius 3 is 2.41 bits per heavy atom. The van der Waals surface area contributed by atoms with Crippen molar-refractivity contribution in [3.8, 4) is 17.0 Å². The number of benzene rings is 3. The van der Waals surface area contributed by atoms with Crippen molar-refractivity contribution in [2.75, 3.05) is 17.2 Å². The number of nitrogens with zero attached hydrogens (tertiary/aromatic N) is 2. The molecule has 3 aromatic carbocycles. The standard InChI is InChI=1S/C28H28N4O2/c1-20-13-15-25(16-14-20)34-17-7-12-28(33)32-24-11-6-10-23(18-24)31-27-19-26(29-21(2)30-27)22-8-4-3-5-9-22/h3-6,8-11,13-16,18-19H,7,12,17H2,1-2H3,(H,32,33)(H,29,30,31). The van der Waals surface area contributed by atoms with E-state index in [-0.39, 0.29) is 5.91 Å². The summed E-state index contributed by atoms with van der Waals surface area (Å²) in [7, 11) is 0. The summed E-state index contributed by atoms with van der Waals surface area (Å²) in [5.74, 6) is 2.15. The van der Waals surface area contributed by atoms with Gasteiger partial charge in [-0.05, 0) is 50.6 Å². The van der Waals surface area contributed by atoms with Crippen molar-refractivity contribution in [2.45, 2.75) is 26.7 Å². The number of carbonyl (C=O) groups is 1. The van der Waals surface area contributed by atoms with Gasteiger partial charge in [-0.15, -0.1) is 0 Å². The first-order chi connectivity index (χ1) is 16.5. The van der Waals surface area contributed by atoms with Gasteiger partial charge in [-0.2, -0.15) is 0 Å². The van der Waals surface area contributed by atoms with E-state index >= 15 is 0 Å². The molecule has 0 saturated heterocycles. The van der Waals surface area contributed by atoms with Gasteiger partial charge in [0.15, 0.2) is 0 Å². The summed E-state index contributed by atoms with van der Waals surface area (Å²) in [6, 6.07) is 27.4. The molecule has 0 radical (unpaired) electrons. The molecule has 0 bridgehead atoms. The van der Waals surface area contributed by atoms with Crippen molar-refractivity contribution in [1.29, 1.82) is 0 Å². The second-order valence-electron chi connectivity index (χ2n) is 8.07. The molecule has 1 amide bonds. The molecule has 6 nitrogen and oxygen atoms in total. The van der Waals surface area contributed by atoms with Gasteiger partial charge in [-0.25, -0.2) is 9.97 Å². The molecule has 0 aliphatic heterocycles. The second-order valence-corrected chi connectivity index (χ2v) is 8.07. The minimum absolute atomic E-state index is 0.0473. The zero-order valence-electron chi connectivity index (χ0n) is 19.4. The molecule has 172 valence electrons. The number of anilines is 3. The van der Waals surface area contributed by atoms with E-state index in [1.54, 1.807) is 0 Å². The Labute approximate surface area is 200 Å². The van der Waals surface area contributed by atoms with Crippen molar-refractivity contribution >= 4 is 23.1 Å². The smallest absolute Gasteiger partial charge is 0.224 e. The normalized spacial score (nSPS) is 10.5. The van der Waals surface area contributed by atoms with E-state index in [0.717, 1.165) is 28.4 Å². The fraction of sp³-hybridized carbons (Fsp3) is 0.179. The molecule has 2 N–H and O–H groups in total. The first-order valence-corrected chi connectivity index (χ1v) is 11.3. The summed E-state index contributed by atoms with van der Waals surface area (Å²) in [6.07, 6.45) is 1.02. The number of aromatic nitrogens is 2. The van der Waals surface area contributed by atoms with Gasteiger partial charge in [-0.1, -0.05) is 54.1 Å². The molecular weight excluding hydrogens is 424 g/mol. The maximum atomic E-state index is 12.4. The van der Waals surface area contributed by atoms with E-state index in [1.807, 2.05) is 98.8 Å². The predicted octanol–water partition coefficient (Wildman–Crippen LogP) is 6.30. The summed E-state index contributed by atoms with van der Waals surface area (Å²) in [4.78, 5) is 21.4. The highest BCUT2D eigenvalue weighted by Gasteiger charge is 2.07. The van der Waals surface area contributed by atoms with Crippen LogP contribution in [0.5, 0.6) is 5.75 Å². The lowest BCUT2D eigenvalue weighted by atomic mass is 10.1. The first kappa shape index (κ1) is 23.0. The highest BCUT2D eigenvalue weighted by Crippen LogP contribution is 2.23. The van der Waals surface area contributed by atoms with Gasteiger partial charge >= 0.3 is 0 Å². The zero-order chi connectivity index (χ0) is 23.8. The van der Waals surface area contributed by atoms with Crippen LogP contribution in [-0.4, -0.2) is 22.5 Å². The van der Waals surface area contributed by atoms with Gasteiger partial charge in [0.2, 0.25) is 5.91 Å². The number of rotatable bonds is 9. The molecule has 0 spiro atoms. The maximum absolute atomic E-state index is 12.4. The first-order valence-electron chi connectivity index (χ1n) is 11.3. The molecule has 0 aliphatic rings. The quantitative estimate of drug-likeness (QED) is 0.291. The predicted molar refractivity (Wildman–Crippen MR) is 136 cm³/mol. The van der Waals surface area contributed by atoms with E-state index in [4.69, 9.17) is 4.74 Å². The molecule has 1 aromatic heterocycles. The van der Waals surface area contributed by atoms with E-state index in [2.05, 4.69) is 20.6 Å². The molecule has 1 heterocycles. The van der Waals surface area contributed by atoms with Gasteiger partial charge in [0, 0.05) is 29.4 Å². The van der Waals surface area contributed by atoms with Crippen LogP contribution in [0, 0.1) is 13.8 Å². The van der Waals surface area contributed by atoms with E-state index in [0.29, 0.717) is 31.1 Å². The molecule has 6 heteroatoms. The van der Waals surface area contributed by atoms with Crippen molar-refractivity contribution in [3.63, 3.8) is 0 Å². The van der Waals surface area contributed by atoms with Crippen LogP contribution >= 0.6 is 0 Å². The van der Waals surface area contributed by atoms with Crippen LogP contribution in [0.3, 0.4) is 0 Å². The number of nitrogens with one attached hydrogen (secondary N) is 2. The van der Waals surface area contributed by atoms with Crippen LogP contribution in [0.25, 0.3) is 11.3 Å². The molecule has 4 aromatic rings. The Morgan fingerprint density at radius 1 is 0.853 bits per heavy atom. The van der Waals surface area contributed by atoms with Crippen LogP contribution in [0.2, 0.25) is 0 Å². The number of amides is 1. The van der Waals surface area contributed by atoms with Gasteiger partial charge in [0.25, 0.3) is 0 Å². The van der Waals surface area contributed by atoms with E-state index in [9.17, 15) is 4.79 Å². The number of aryl methyl sites for hydroxylation is 2. The van der Waals surface area contributed by atoms with Gasteiger partial charge in [0.1, 0.15) is 17.4 Å². The third-order valence-corrected chi connectivity index (χ3v) is 5.16. The highest BCUT2D eigenvalue weighted by molar-refractivity contribution is 5.91. The SMILES string of the molecule is Cc1ccc(OCCCC(=O)Nc2cccc(Nc3cc(-c4ccccc4)nc(C)n3)c2)cc1. The van der Waals surface area contributed by atoms with Crippen LogP contribution in [-0.2, 0) is 4.79 Å². The maximum Gasteiger partial charge on any atom is 0.224 e. The minimum atomic E-state index is -0.0473. The lowest BCUT2D eigenvalue weighted by Crippen LogP contribution is -2.13. The van der Waals surface area contributed by atoms with E-state index in [1.165, 1.54) is 5.56 Å². The molecule has 0 fully saturated rings. The number of carbonyl (C=O) groups excluding carboxylic acids is 1. The summed E-state index contributed by atoms with van der Waals surface area (Å²) >= 11 is 0. The van der Waals surface area contributed by atoms with Crippen LogP contribution < -0.4 is 15.4 Å². The van der Waals surface area contributed by atoms with Crippen molar-refractivity contribution in [2.24, 2.45) is 0 Å². The van der Waals surface area contributed by atoms with E-state index < -0.39 is 0 Å². The fourth-order valence-electron chi connectivity index (χ4n) is 3.49. The molecule has 0 unspecified atom stereocenters. The van der Waals surface area contributed by atoms with Crippen molar-refractivity contribution in [3.05, 3.63) is 96.3 Å².